The van der Waals surface area contributed by atoms with Gasteiger partial charge in [0.25, 0.3) is 0 Å². The van der Waals surface area contributed by atoms with E-state index in [4.69, 9.17) is 9.84 Å². The van der Waals surface area contributed by atoms with Crippen molar-refractivity contribution in [3.63, 3.8) is 0 Å². The summed E-state index contributed by atoms with van der Waals surface area (Å²) in [7, 11) is -3.60. The van der Waals surface area contributed by atoms with Crippen LogP contribution in [0.2, 0.25) is 0 Å². The van der Waals surface area contributed by atoms with Crippen molar-refractivity contribution in [1.82, 2.24) is 19.6 Å². The number of carbonyl (C=O) groups is 2. The Bertz CT molecular complexity index is 1470. The largest absolute Gasteiger partial charge is 0.494 e. The molecule has 1 atom stereocenters. The molecule has 1 fully saturated rings. The molecule has 1 aromatic heterocycles. The Morgan fingerprint density at radius 3 is 2.36 bits per heavy atom. The molecular weight excluding hydrogens is 620 g/mol. The third-order valence-electron chi connectivity index (χ3n) is 7.81. The number of hydrogen-bond acceptors (Lipinski definition) is 7. The normalized spacial score (nSPS) is 14.3. The molecule has 256 valence electrons. The first-order valence-corrected chi connectivity index (χ1v) is 17.9. The lowest BCUT2D eigenvalue weighted by atomic mass is 9.93. The average molecular weight is 669 g/mol. The summed E-state index contributed by atoms with van der Waals surface area (Å²) in [6.45, 7) is 5.59. The molecule has 4 N–H and O–H groups in total. The molecule has 47 heavy (non-hydrogen) atoms. The number of carboxylic acids is 2. The Hall–Kier alpha value is -4.00. The number of sulfonamides is 1. The van der Waals surface area contributed by atoms with Gasteiger partial charge >= 0.3 is 11.9 Å². The van der Waals surface area contributed by atoms with E-state index in [1.807, 2.05) is 54.1 Å². The lowest BCUT2D eigenvalue weighted by Gasteiger charge is -2.22. The van der Waals surface area contributed by atoms with Crippen LogP contribution in [-0.2, 0) is 32.6 Å². The summed E-state index contributed by atoms with van der Waals surface area (Å²) >= 11 is 0. The Kier molecular flexibility index (Phi) is 16.2. The van der Waals surface area contributed by atoms with Crippen LogP contribution in [0.5, 0.6) is 5.75 Å². The number of hydrogen-bond donors (Lipinski definition) is 4. The molecule has 3 aromatic rings. The molecule has 1 aliphatic heterocycles. The van der Waals surface area contributed by atoms with Crippen molar-refractivity contribution in [1.29, 1.82) is 0 Å². The first-order chi connectivity index (χ1) is 22.6. The fourth-order valence-electron chi connectivity index (χ4n) is 5.14. The van der Waals surface area contributed by atoms with Crippen LogP contribution >= 0.6 is 0 Å². The third kappa shape index (κ3) is 15.4. The molecule has 4 rings (SSSR count). The minimum absolute atomic E-state index is 0.0578. The summed E-state index contributed by atoms with van der Waals surface area (Å²) in [6.07, 6.45) is 15.4. The number of piperidine rings is 1. The van der Waals surface area contributed by atoms with Crippen LogP contribution in [0.4, 0.5) is 0 Å². The van der Waals surface area contributed by atoms with E-state index >= 15 is 0 Å². The van der Waals surface area contributed by atoms with Crippen molar-refractivity contribution < 1.29 is 33.0 Å². The number of nitrogens with zero attached hydrogens (tertiary/aromatic N) is 2. The van der Waals surface area contributed by atoms with E-state index in [9.17, 15) is 23.1 Å². The molecule has 11 nitrogen and oxygen atoms in total. The zero-order valence-corrected chi connectivity index (χ0v) is 27.9. The van der Waals surface area contributed by atoms with Crippen LogP contribution in [0, 0.1) is 5.92 Å². The van der Waals surface area contributed by atoms with Crippen molar-refractivity contribution in [2.75, 3.05) is 25.4 Å². The number of carboxylic acid groups (broad SMARTS) is 2. The van der Waals surface area contributed by atoms with Gasteiger partial charge in [0.15, 0.2) is 0 Å². The van der Waals surface area contributed by atoms with E-state index in [-0.39, 0.29) is 12.2 Å². The maximum atomic E-state index is 12.0. The number of ether oxygens (including phenoxy) is 1. The first kappa shape index (κ1) is 37.5. The highest BCUT2D eigenvalue weighted by Gasteiger charge is 2.24. The van der Waals surface area contributed by atoms with Gasteiger partial charge in [-0.1, -0.05) is 56.2 Å². The summed E-state index contributed by atoms with van der Waals surface area (Å²) < 4.78 is 34.1. The van der Waals surface area contributed by atoms with Gasteiger partial charge in [0, 0.05) is 25.0 Å². The van der Waals surface area contributed by atoms with E-state index in [1.165, 1.54) is 25.7 Å². The highest BCUT2D eigenvalue weighted by atomic mass is 32.2. The summed E-state index contributed by atoms with van der Waals surface area (Å²) in [5, 5.41) is 21.3. The van der Waals surface area contributed by atoms with Gasteiger partial charge in [0.1, 0.15) is 11.8 Å². The first-order valence-electron chi connectivity index (χ1n) is 16.2. The number of unbranched alkanes of at least 4 members (excludes halogenated alkanes) is 2. The summed E-state index contributed by atoms with van der Waals surface area (Å²) in [4.78, 5) is 25.8. The lowest BCUT2D eigenvalue weighted by molar-refractivity contribution is -0.139. The number of imidazole rings is 1. The summed E-state index contributed by atoms with van der Waals surface area (Å²) in [5.74, 6) is -0.586. The van der Waals surface area contributed by atoms with E-state index in [0.29, 0.717) is 13.0 Å². The average Bonchev–Trinajstić information content (AvgIpc) is 3.57. The molecule has 0 aliphatic carbocycles. The number of aliphatic carboxylic acids is 2. The van der Waals surface area contributed by atoms with Crippen LogP contribution in [0.1, 0.15) is 68.6 Å². The molecule has 12 heteroatoms. The van der Waals surface area contributed by atoms with Crippen molar-refractivity contribution in [2.45, 2.75) is 70.9 Å². The fourth-order valence-corrected chi connectivity index (χ4v) is 6.54. The minimum Gasteiger partial charge on any atom is -0.494 e. The minimum atomic E-state index is -3.60. The van der Waals surface area contributed by atoms with Gasteiger partial charge in [-0.15, -0.1) is 0 Å². The van der Waals surface area contributed by atoms with Gasteiger partial charge < -0.3 is 24.8 Å². The van der Waals surface area contributed by atoms with Crippen LogP contribution in [0.3, 0.4) is 0 Å². The SMILES string of the molecule is CCCCS(=O)(=O)N[C@@H](Cc1ccc(OCCCCC2CCNCC2)cc1)C(=O)O.O=C(O)/C=C/c1ccc(Cn2ccnc2)cc1. The number of benzene rings is 2. The van der Waals surface area contributed by atoms with Gasteiger partial charge in [-0.05, 0) is 92.4 Å². The molecule has 0 saturated carbocycles. The van der Waals surface area contributed by atoms with E-state index in [2.05, 4.69) is 15.0 Å². The molecule has 0 bridgehead atoms. The van der Waals surface area contributed by atoms with Crippen molar-refractivity contribution in [2.24, 2.45) is 5.92 Å². The van der Waals surface area contributed by atoms with Gasteiger partial charge in [0.2, 0.25) is 10.0 Å². The Morgan fingerprint density at radius 2 is 1.74 bits per heavy atom. The molecule has 0 radical (unpaired) electrons. The molecule has 2 heterocycles. The molecule has 0 amide bonds. The predicted octanol–water partition coefficient (Wildman–Crippen LogP) is 4.98. The molecule has 2 aromatic carbocycles. The Morgan fingerprint density at radius 1 is 1.04 bits per heavy atom. The van der Waals surface area contributed by atoms with Gasteiger partial charge in [-0.3, -0.25) is 4.79 Å². The summed E-state index contributed by atoms with van der Waals surface area (Å²) in [6, 6.07) is 13.8. The second-order valence-corrected chi connectivity index (χ2v) is 13.6. The zero-order valence-electron chi connectivity index (χ0n) is 27.1. The topological polar surface area (TPSA) is 160 Å². The second-order valence-electron chi connectivity index (χ2n) is 11.7. The number of rotatable bonds is 18. The van der Waals surface area contributed by atoms with Crippen molar-refractivity contribution >= 4 is 28.0 Å². The van der Waals surface area contributed by atoms with Crippen LogP contribution in [0.25, 0.3) is 6.08 Å². The zero-order chi connectivity index (χ0) is 33.9. The third-order valence-corrected chi connectivity index (χ3v) is 9.28. The monoisotopic (exact) mass is 668 g/mol. The fraction of sp³-hybridized carbons (Fsp3) is 0.457. The molecule has 1 aliphatic rings. The molecule has 1 saturated heterocycles. The molecular formula is C35H48N4O7S. The maximum absolute atomic E-state index is 12.0. The quantitative estimate of drug-likeness (QED) is 0.108. The van der Waals surface area contributed by atoms with Gasteiger partial charge in [-0.2, -0.15) is 0 Å². The Balaban J connectivity index is 0.000000297. The smallest absolute Gasteiger partial charge is 0.328 e. The highest BCUT2D eigenvalue weighted by Crippen LogP contribution is 2.19. The van der Waals surface area contributed by atoms with Crippen LogP contribution in [-0.4, -0.2) is 71.6 Å². The lowest BCUT2D eigenvalue weighted by Crippen LogP contribution is -2.43. The second kappa shape index (κ2) is 20.3. The Labute approximate surface area is 278 Å². The standard InChI is InChI=1S/C22H36N2O5S.C13H12N2O2/c1-2-3-16-30(27,28)24-21(22(25)26)17-19-7-9-20(10-8-19)29-15-5-4-6-18-11-13-23-14-12-18;16-13(17)6-5-11-1-3-12(4-2-11)9-15-8-7-14-10-15/h7-10,18,21,23-24H,2-6,11-17H2,1H3,(H,25,26);1-8,10H,9H2,(H,16,17)/b;6-5+/t21-;/m0./s1. The van der Waals surface area contributed by atoms with Gasteiger partial charge in [0.05, 0.1) is 18.7 Å². The molecule has 0 spiro atoms. The predicted molar refractivity (Wildman–Crippen MR) is 183 cm³/mol. The van der Waals surface area contributed by atoms with E-state index < -0.39 is 28.0 Å². The van der Waals surface area contributed by atoms with E-state index in [1.54, 1.807) is 30.7 Å². The van der Waals surface area contributed by atoms with Crippen LogP contribution < -0.4 is 14.8 Å². The van der Waals surface area contributed by atoms with Gasteiger partial charge in [-0.25, -0.2) is 22.9 Å². The maximum Gasteiger partial charge on any atom is 0.328 e. The highest BCUT2D eigenvalue weighted by molar-refractivity contribution is 7.89. The van der Waals surface area contributed by atoms with Crippen molar-refractivity contribution in [3.05, 3.63) is 90.0 Å². The van der Waals surface area contributed by atoms with E-state index in [0.717, 1.165) is 66.9 Å². The summed E-state index contributed by atoms with van der Waals surface area (Å²) in [5.41, 5.74) is 2.77. The number of nitrogens with one attached hydrogen (secondary N) is 2. The molecule has 0 unspecified atom stereocenters. The number of aromatic nitrogens is 2. The van der Waals surface area contributed by atoms with Crippen molar-refractivity contribution in [3.8, 4) is 5.75 Å². The van der Waals surface area contributed by atoms with Crippen LogP contribution in [0.15, 0.2) is 73.3 Å².